The highest BCUT2D eigenvalue weighted by molar-refractivity contribution is 5.62. The second kappa shape index (κ2) is 3.61. The predicted octanol–water partition coefficient (Wildman–Crippen LogP) is 1.81. The second-order valence-corrected chi connectivity index (χ2v) is 3.06. The summed E-state index contributed by atoms with van der Waals surface area (Å²) in [5.41, 5.74) is 6.80. The number of nitrogens with one attached hydrogen (secondary N) is 1. The molecule has 5 heteroatoms. The normalized spacial score (nSPS) is 10.3. The lowest BCUT2D eigenvalue weighted by Crippen LogP contribution is -1.88. The van der Waals surface area contributed by atoms with E-state index in [1.54, 1.807) is 18.2 Å². The molecule has 0 aliphatic carbocycles. The van der Waals surface area contributed by atoms with Crippen LogP contribution in [0.3, 0.4) is 0 Å². The molecule has 0 radical (unpaired) electrons. The van der Waals surface area contributed by atoms with Crippen LogP contribution in [0.2, 0.25) is 0 Å². The Bertz CT molecular complexity index is 481. The summed E-state index contributed by atoms with van der Waals surface area (Å²) in [6.07, 6.45) is 0. The van der Waals surface area contributed by atoms with E-state index in [2.05, 4.69) is 10.2 Å². The number of H-pyrrole nitrogens is 1. The van der Waals surface area contributed by atoms with E-state index in [4.69, 9.17) is 10.5 Å². The highest BCUT2D eigenvalue weighted by Gasteiger charge is 2.06. The van der Waals surface area contributed by atoms with Crippen molar-refractivity contribution in [3.63, 3.8) is 0 Å². The van der Waals surface area contributed by atoms with E-state index in [1.165, 1.54) is 13.2 Å². The van der Waals surface area contributed by atoms with Crippen LogP contribution in [-0.2, 0) is 0 Å². The van der Waals surface area contributed by atoms with E-state index in [1.807, 2.05) is 0 Å². The highest BCUT2D eigenvalue weighted by atomic mass is 19.1. The van der Waals surface area contributed by atoms with Gasteiger partial charge in [-0.15, -0.1) is 0 Å². The van der Waals surface area contributed by atoms with Crippen molar-refractivity contribution in [2.45, 2.75) is 0 Å². The van der Waals surface area contributed by atoms with E-state index < -0.39 is 5.82 Å². The van der Waals surface area contributed by atoms with Crippen molar-refractivity contribution < 1.29 is 9.13 Å². The summed E-state index contributed by atoms with van der Waals surface area (Å²) in [5.74, 6) is 0.177. The maximum Gasteiger partial charge on any atom is 0.165 e. The molecule has 0 unspecified atom stereocenters. The van der Waals surface area contributed by atoms with Gasteiger partial charge in [0.2, 0.25) is 0 Å². The summed E-state index contributed by atoms with van der Waals surface area (Å²) in [5, 5.41) is 6.47. The van der Waals surface area contributed by atoms with Crippen LogP contribution in [0.5, 0.6) is 5.75 Å². The topological polar surface area (TPSA) is 63.9 Å². The van der Waals surface area contributed by atoms with Crippen LogP contribution in [0.1, 0.15) is 0 Å². The van der Waals surface area contributed by atoms with Crippen LogP contribution in [0.25, 0.3) is 11.3 Å². The minimum absolute atomic E-state index is 0.214. The third-order valence-corrected chi connectivity index (χ3v) is 2.06. The van der Waals surface area contributed by atoms with E-state index in [0.717, 1.165) is 0 Å². The molecule has 4 nitrogen and oxygen atoms in total. The number of aromatic amines is 1. The van der Waals surface area contributed by atoms with Crippen molar-refractivity contribution in [2.24, 2.45) is 0 Å². The Morgan fingerprint density at radius 2 is 2.20 bits per heavy atom. The molecule has 2 rings (SSSR count). The molecule has 0 atom stereocenters. The molecule has 3 N–H and O–H groups in total. The van der Waals surface area contributed by atoms with E-state index >= 15 is 0 Å². The number of benzene rings is 1. The molecule has 0 saturated carbocycles. The van der Waals surface area contributed by atoms with Gasteiger partial charge >= 0.3 is 0 Å². The number of nitrogens with two attached hydrogens (primary N) is 1. The lowest BCUT2D eigenvalue weighted by Gasteiger charge is -2.02. The number of methoxy groups -OCH3 is 1. The van der Waals surface area contributed by atoms with Crippen LogP contribution in [-0.4, -0.2) is 17.3 Å². The molecule has 1 heterocycles. The van der Waals surface area contributed by atoms with Crippen molar-refractivity contribution in [2.75, 3.05) is 12.8 Å². The van der Waals surface area contributed by atoms with Gasteiger partial charge in [-0.05, 0) is 18.2 Å². The molecule has 0 bridgehead atoms. The van der Waals surface area contributed by atoms with Crippen molar-refractivity contribution in [1.29, 1.82) is 0 Å². The Balaban J connectivity index is 2.42. The summed E-state index contributed by atoms with van der Waals surface area (Å²) in [6, 6.07) is 6.30. The Morgan fingerprint density at radius 3 is 2.73 bits per heavy atom. The maximum atomic E-state index is 13.4. The molecule has 78 valence electrons. The zero-order valence-electron chi connectivity index (χ0n) is 8.12. The smallest absolute Gasteiger partial charge is 0.165 e. The molecule has 0 saturated heterocycles. The van der Waals surface area contributed by atoms with Gasteiger partial charge in [0.1, 0.15) is 5.82 Å². The van der Waals surface area contributed by atoms with Gasteiger partial charge < -0.3 is 10.5 Å². The standard InChI is InChI=1S/C10H10FN3O/c1-15-9-3-2-6(4-7(9)11)8-5-10(12)14-13-8/h2-5H,1H3,(H3,12,13,14). The van der Waals surface area contributed by atoms with Crippen LogP contribution in [0.15, 0.2) is 24.3 Å². The average Bonchev–Trinajstić information content (AvgIpc) is 2.65. The average molecular weight is 207 g/mol. The molecule has 15 heavy (non-hydrogen) atoms. The SMILES string of the molecule is COc1ccc(-c2cc(N)n[nH]2)cc1F. The number of aromatic nitrogens is 2. The van der Waals surface area contributed by atoms with Crippen LogP contribution in [0.4, 0.5) is 10.2 Å². The second-order valence-electron chi connectivity index (χ2n) is 3.06. The van der Waals surface area contributed by atoms with Gasteiger partial charge in [0.15, 0.2) is 11.6 Å². The molecular weight excluding hydrogens is 197 g/mol. The molecule has 0 fully saturated rings. The Morgan fingerprint density at radius 1 is 1.40 bits per heavy atom. The highest BCUT2D eigenvalue weighted by Crippen LogP contribution is 2.24. The Labute approximate surface area is 85.9 Å². The third kappa shape index (κ3) is 1.76. The number of nitrogen functional groups attached to an aromatic ring is 1. The largest absolute Gasteiger partial charge is 0.494 e. The van der Waals surface area contributed by atoms with Crippen molar-refractivity contribution in [3.05, 3.63) is 30.1 Å². The summed E-state index contributed by atoms with van der Waals surface area (Å²) in [6.45, 7) is 0. The number of ether oxygens (including phenoxy) is 1. The Hall–Kier alpha value is -2.04. The summed E-state index contributed by atoms with van der Waals surface area (Å²) in [4.78, 5) is 0. The zero-order chi connectivity index (χ0) is 10.8. The number of anilines is 1. The molecule has 0 amide bonds. The maximum absolute atomic E-state index is 13.4. The van der Waals surface area contributed by atoms with Gasteiger partial charge in [0.25, 0.3) is 0 Å². The first-order valence-electron chi connectivity index (χ1n) is 4.35. The van der Waals surface area contributed by atoms with Gasteiger partial charge in [-0.2, -0.15) is 5.10 Å². The monoisotopic (exact) mass is 207 g/mol. The molecule has 0 aliphatic heterocycles. The Kier molecular flexibility index (Phi) is 2.29. The van der Waals surface area contributed by atoms with Gasteiger partial charge in [-0.1, -0.05) is 0 Å². The molecule has 1 aromatic heterocycles. The fourth-order valence-corrected chi connectivity index (χ4v) is 1.32. The summed E-state index contributed by atoms with van der Waals surface area (Å²) < 4.78 is 18.2. The predicted molar refractivity (Wildman–Crippen MR) is 54.9 cm³/mol. The van der Waals surface area contributed by atoms with Crippen molar-refractivity contribution >= 4 is 5.82 Å². The zero-order valence-corrected chi connectivity index (χ0v) is 8.12. The lowest BCUT2D eigenvalue weighted by molar-refractivity contribution is 0.386. The molecular formula is C10H10FN3O. The van der Waals surface area contributed by atoms with Gasteiger partial charge in [-0.3, -0.25) is 5.10 Å². The quantitative estimate of drug-likeness (QED) is 0.789. The number of hydrogen-bond acceptors (Lipinski definition) is 3. The van der Waals surface area contributed by atoms with Crippen molar-refractivity contribution in [3.8, 4) is 17.0 Å². The fraction of sp³-hybridized carbons (Fsp3) is 0.100. The first-order chi connectivity index (χ1) is 7.20. The van der Waals surface area contributed by atoms with Crippen LogP contribution < -0.4 is 10.5 Å². The third-order valence-electron chi connectivity index (χ3n) is 2.06. The first-order valence-corrected chi connectivity index (χ1v) is 4.35. The van der Waals surface area contributed by atoms with Gasteiger partial charge in [0, 0.05) is 11.6 Å². The van der Waals surface area contributed by atoms with Crippen molar-refractivity contribution in [1.82, 2.24) is 10.2 Å². The van der Waals surface area contributed by atoms with Crippen LogP contribution in [0, 0.1) is 5.82 Å². The molecule has 2 aromatic rings. The number of halogens is 1. The molecule has 1 aromatic carbocycles. The van der Waals surface area contributed by atoms with E-state index in [0.29, 0.717) is 17.1 Å². The minimum Gasteiger partial charge on any atom is -0.494 e. The summed E-state index contributed by atoms with van der Waals surface area (Å²) in [7, 11) is 1.42. The number of hydrogen-bond donors (Lipinski definition) is 2. The first kappa shape index (κ1) is 9.51. The molecule has 0 aliphatic rings. The lowest BCUT2D eigenvalue weighted by atomic mass is 10.1. The van der Waals surface area contributed by atoms with Gasteiger partial charge in [-0.25, -0.2) is 4.39 Å². The van der Waals surface area contributed by atoms with E-state index in [9.17, 15) is 4.39 Å². The number of rotatable bonds is 2. The van der Waals surface area contributed by atoms with E-state index in [-0.39, 0.29) is 5.75 Å². The van der Waals surface area contributed by atoms with Gasteiger partial charge in [0.05, 0.1) is 12.8 Å². The fourth-order valence-electron chi connectivity index (χ4n) is 1.32. The minimum atomic E-state index is -0.414. The molecule has 0 spiro atoms. The van der Waals surface area contributed by atoms with Crippen LogP contribution >= 0.6 is 0 Å². The summed E-state index contributed by atoms with van der Waals surface area (Å²) >= 11 is 0. The number of nitrogens with zero attached hydrogens (tertiary/aromatic N) is 1.